The third-order valence-electron chi connectivity index (χ3n) is 4.91. The number of carbonyl (C=O) groups excluding carboxylic acids is 3. The van der Waals surface area contributed by atoms with Gasteiger partial charge in [-0.15, -0.1) is 0 Å². The lowest BCUT2D eigenvalue weighted by molar-refractivity contribution is -0.122. The van der Waals surface area contributed by atoms with Crippen molar-refractivity contribution in [3.8, 4) is 0 Å². The first kappa shape index (κ1) is 19.5. The van der Waals surface area contributed by atoms with Crippen molar-refractivity contribution >= 4 is 34.8 Å². The first-order chi connectivity index (χ1) is 13.3. The van der Waals surface area contributed by atoms with Gasteiger partial charge < -0.3 is 15.5 Å². The molecule has 1 unspecified atom stereocenters. The van der Waals surface area contributed by atoms with Gasteiger partial charge in [0.05, 0.1) is 11.6 Å². The number of rotatable bonds is 4. The maximum Gasteiger partial charge on any atom is 0.229 e. The number of hydrogen-bond acceptors (Lipinski definition) is 3. The van der Waals surface area contributed by atoms with Crippen LogP contribution in [0.15, 0.2) is 36.4 Å². The van der Waals surface area contributed by atoms with E-state index in [1.165, 1.54) is 25.1 Å². The number of aryl methyl sites for hydroxylation is 1. The molecule has 1 aliphatic heterocycles. The summed E-state index contributed by atoms with van der Waals surface area (Å²) in [5.41, 5.74) is 3.25. The van der Waals surface area contributed by atoms with Gasteiger partial charge in [0.1, 0.15) is 5.82 Å². The predicted octanol–water partition coefficient (Wildman–Crippen LogP) is 3.39. The smallest absolute Gasteiger partial charge is 0.229 e. The van der Waals surface area contributed by atoms with Crippen molar-refractivity contribution in [2.45, 2.75) is 27.2 Å². The van der Waals surface area contributed by atoms with E-state index in [1.54, 1.807) is 4.90 Å². The highest BCUT2D eigenvalue weighted by Crippen LogP contribution is 2.30. The Morgan fingerprint density at radius 2 is 1.89 bits per heavy atom. The minimum atomic E-state index is -0.592. The van der Waals surface area contributed by atoms with Gasteiger partial charge in [0.2, 0.25) is 17.7 Å². The molecule has 0 radical (unpaired) electrons. The highest BCUT2D eigenvalue weighted by Gasteiger charge is 2.35. The Morgan fingerprint density at radius 1 is 1.14 bits per heavy atom. The van der Waals surface area contributed by atoms with Crippen LogP contribution in [0, 0.1) is 25.6 Å². The van der Waals surface area contributed by atoms with Gasteiger partial charge in [-0.1, -0.05) is 12.1 Å². The maximum atomic E-state index is 13.8. The summed E-state index contributed by atoms with van der Waals surface area (Å²) in [5, 5.41) is 5.08. The molecule has 2 N–H and O–H groups in total. The second-order valence-corrected chi connectivity index (χ2v) is 6.99. The molecule has 0 saturated carbocycles. The van der Waals surface area contributed by atoms with Crippen LogP contribution in [0.2, 0.25) is 0 Å². The molecule has 1 heterocycles. The third kappa shape index (κ3) is 4.03. The monoisotopic (exact) mass is 383 g/mol. The first-order valence-corrected chi connectivity index (χ1v) is 9.01. The normalized spacial score (nSPS) is 16.2. The minimum Gasteiger partial charge on any atom is -0.326 e. The molecule has 3 rings (SSSR count). The fraction of sp³-hybridized carbons (Fsp3) is 0.286. The number of anilines is 3. The van der Waals surface area contributed by atoms with Gasteiger partial charge >= 0.3 is 0 Å². The number of hydrogen-bond donors (Lipinski definition) is 2. The first-order valence-electron chi connectivity index (χ1n) is 9.01. The fourth-order valence-electron chi connectivity index (χ4n) is 3.28. The lowest BCUT2D eigenvalue weighted by Gasteiger charge is -2.20. The van der Waals surface area contributed by atoms with Crippen LogP contribution in [0.3, 0.4) is 0 Å². The highest BCUT2D eigenvalue weighted by atomic mass is 19.1. The molecule has 1 aliphatic rings. The van der Waals surface area contributed by atoms with Crippen LogP contribution in [-0.4, -0.2) is 24.3 Å². The molecule has 28 heavy (non-hydrogen) atoms. The van der Waals surface area contributed by atoms with Crippen molar-refractivity contribution in [1.82, 2.24) is 0 Å². The molecular formula is C21H22FN3O3. The largest absolute Gasteiger partial charge is 0.326 e. The average Bonchev–Trinajstić information content (AvgIpc) is 3.01. The number of nitrogens with one attached hydrogen (secondary N) is 2. The van der Waals surface area contributed by atoms with Crippen molar-refractivity contribution in [2.24, 2.45) is 5.92 Å². The Bertz CT molecular complexity index is 958. The summed E-state index contributed by atoms with van der Waals surface area (Å²) in [6.07, 6.45) is 0.110. The Morgan fingerprint density at radius 3 is 2.61 bits per heavy atom. The SMILES string of the molecule is CC(=O)Nc1cc(NC(=O)C2CC(=O)N(c3cccc(C)c3C)C2)ccc1F. The molecular weight excluding hydrogens is 361 g/mol. The Hall–Kier alpha value is -3.22. The van der Waals surface area contributed by atoms with E-state index < -0.39 is 17.6 Å². The van der Waals surface area contributed by atoms with E-state index in [2.05, 4.69) is 10.6 Å². The van der Waals surface area contributed by atoms with Gasteiger partial charge in [0.25, 0.3) is 0 Å². The van der Waals surface area contributed by atoms with Crippen LogP contribution in [0.5, 0.6) is 0 Å². The van der Waals surface area contributed by atoms with Gasteiger partial charge in [-0.2, -0.15) is 0 Å². The molecule has 7 heteroatoms. The number of nitrogens with zero attached hydrogens (tertiary/aromatic N) is 1. The number of carbonyl (C=O) groups is 3. The molecule has 1 saturated heterocycles. The van der Waals surface area contributed by atoms with E-state index in [-0.39, 0.29) is 30.5 Å². The van der Waals surface area contributed by atoms with Crippen molar-refractivity contribution < 1.29 is 18.8 Å². The second-order valence-electron chi connectivity index (χ2n) is 6.99. The summed E-state index contributed by atoms with van der Waals surface area (Å²) in [7, 11) is 0. The van der Waals surface area contributed by atoms with Crippen LogP contribution in [0.25, 0.3) is 0 Å². The van der Waals surface area contributed by atoms with Gasteiger partial charge in [-0.25, -0.2) is 4.39 Å². The third-order valence-corrected chi connectivity index (χ3v) is 4.91. The van der Waals surface area contributed by atoms with Crippen LogP contribution >= 0.6 is 0 Å². The van der Waals surface area contributed by atoms with E-state index in [1.807, 2.05) is 32.0 Å². The molecule has 0 aromatic heterocycles. The van der Waals surface area contributed by atoms with E-state index in [0.717, 1.165) is 16.8 Å². The highest BCUT2D eigenvalue weighted by molar-refractivity contribution is 6.04. The number of halogens is 1. The van der Waals surface area contributed by atoms with Crippen LogP contribution < -0.4 is 15.5 Å². The molecule has 1 fully saturated rings. The van der Waals surface area contributed by atoms with Gasteiger partial charge in [-0.05, 0) is 49.2 Å². The van der Waals surface area contributed by atoms with E-state index in [4.69, 9.17) is 0 Å². The molecule has 6 nitrogen and oxygen atoms in total. The van der Waals surface area contributed by atoms with Crippen LogP contribution in [0.1, 0.15) is 24.5 Å². The van der Waals surface area contributed by atoms with E-state index in [9.17, 15) is 18.8 Å². The van der Waals surface area contributed by atoms with Crippen molar-refractivity contribution in [3.63, 3.8) is 0 Å². The van der Waals surface area contributed by atoms with Crippen LogP contribution in [-0.2, 0) is 14.4 Å². The van der Waals surface area contributed by atoms with E-state index >= 15 is 0 Å². The molecule has 146 valence electrons. The van der Waals surface area contributed by atoms with E-state index in [0.29, 0.717) is 5.69 Å². The fourth-order valence-corrected chi connectivity index (χ4v) is 3.28. The molecule has 0 aliphatic carbocycles. The van der Waals surface area contributed by atoms with Crippen molar-refractivity contribution in [2.75, 3.05) is 22.1 Å². The summed E-state index contributed by atoms with van der Waals surface area (Å²) in [4.78, 5) is 37.9. The molecule has 3 amide bonds. The average molecular weight is 383 g/mol. The number of benzene rings is 2. The quantitative estimate of drug-likeness (QED) is 0.849. The summed E-state index contributed by atoms with van der Waals surface area (Å²) < 4.78 is 13.8. The van der Waals surface area contributed by atoms with Crippen molar-refractivity contribution in [3.05, 3.63) is 53.3 Å². The van der Waals surface area contributed by atoms with Gasteiger partial charge in [0, 0.05) is 31.3 Å². The topological polar surface area (TPSA) is 78.5 Å². The van der Waals surface area contributed by atoms with Crippen molar-refractivity contribution in [1.29, 1.82) is 0 Å². The van der Waals surface area contributed by atoms with Gasteiger partial charge in [-0.3, -0.25) is 14.4 Å². The summed E-state index contributed by atoms with van der Waals surface area (Å²) >= 11 is 0. The van der Waals surface area contributed by atoms with Crippen LogP contribution in [0.4, 0.5) is 21.5 Å². The molecule has 0 spiro atoms. The number of amides is 3. The summed E-state index contributed by atoms with van der Waals surface area (Å²) in [6, 6.07) is 9.68. The lowest BCUT2D eigenvalue weighted by Crippen LogP contribution is -2.28. The summed E-state index contributed by atoms with van der Waals surface area (Å²) in [5.74, 6) is -1.94. The summed E-state index contributed by atoms with van der Waals surface area (Å²) in [6.45, 7) is 5.49. The zero-order valence-electron chi connectivity index (χ0n) is 16.0. The Kier molecular flexibility index (Phi) is 5.44. The standard InChI is InChI=1S/C21H22FN3O3/c1-12-5-4-6-19(13(12)2)25-11-15(9-20(25)27)21(28)24-16-7-8-17(22)18(10-16)23-14(3)26/h4-8,10,15H,9,11H2,1-3H3,(H,23,26)(H,24,28). The van der Waals surface area contributed by atoms with Gasteiger partial charge in [0.15, 0.2) is 0 Å². The minimum absolute atomic E-state index is 0.00943. The molecule has 1 atom stereocenters. The zero-order valence-corrected chi connectivity index (χ0v) is 16.0. The predicted molar refractivity (Wildman–Crippen MR) is 106 cm³/mol. The second kappa shape index (κ2) is 7.80. The zero-order chi connectivity index (χ0) is 20.4. The molecule has 2 aromatic rings. The maximum absolute atomic E-state index is 13.8. The lowest BCUT2D eigenvalue weighted by atomic mass is 10.1. The Labute approximate surface area is 162 Å². The molecule has 2 aromatic carbocycles. The Balaban J connectivity index is 1.73. The molecule has 0 bridgehead atoms.